The van der Waals surface area contributed by atoms with E-state index in [2.05, 4.69) is 5.32 Å². The van der Waals surface area contributed by atoms with Crippen molar-refractivity contribution in [2.24, 2.45) is 5.92 Å². The number of nitrogens with zero attached hydrogens (tertiary/aromatic N) is 1. The Morgan fingerprint density at radius 1 is 1.19 bits per heavy atom. The molecule has 1 fully saturated rings. The number of rotatable bonds is 7. The minimum atomic E-state index is -3.70. The second-order valence-electron chi connectivity index (χ2n) is 6.57. The lowest BCUT2D eigenvalue weighted by molar-refractivity contribution is -0.142. The lowest BCUT2D eigenvalue weighted by Gasteiger charge is -2.31. The van der Waals surface area contributed by atoms with Gasteiger partial charge in [-0.2, -0.15) is 4.31 Å². The van der Waals surface area contributed by atoms with Crippen molar-refractivity contribution >= 4 is 27.7 Å². The molecule has 9 heteroatoms. The fourth-order valence-corrected chi connectivity index (χ4v) is 4.47. The van der Waals surface area contributed by atoms with Crippen molar-refractivity contribution in [3.63, 3.8) is 0 Å². The molecule has 1 saturated heterocycles. The van der Waals surface area contributed by atoms with Gasteiger partial charge in [0.25, 0.3) is 0 Å². The van der Waals surface area contributed by atoms with Gasteiger partial charge < -0.3 is 10.4 Å². The molecule has 1 unspecified atom stereocenters. The van der Waals surface area contributed by atoms with E-state index in [0.717, 1.165) is 0 Å². The van der Waals surface area contributed by atoms with Gasteiger partial charge in [-0.15, -0.1) is 0 Å². The number of sulfonamides is 1. The van der Waals surface area contributed by atoms with Crippen LogP contribution in [0.1, 0.15) is 43.5 Å². The fourth-order valence-electron chi connectivity index (χ4n) is 3.00. The number of nitrogens with one attached hydrogen (secondary N) is 1. The Kier molecular flexibility index (Phi) is 6.72. The first-order valence-corrected chi connectivity index (χ1v) is 10.2. The number of carboxylic acid groups (broad SMARTS) is 1. The molecule has 2 rings (SSSR count). The van der Waals surface area contributed by atoms with Crippen molar-refractivity contribution in [3.8, 4) is 0 Å². The molecule has 1 amide bonds. The van der Waals surface area contributed by atoms with Crippen molar-refractivity contribution in [1.82, 2.24) is 9.62 Å². The van der Waals surface area contributed by atoms with Crippen LogP contribution in [0.25, 0.3) is 0 Å². The molecular weight excluding hydrogens is 372 g/mol. The van der Waals surface area contributed by atoms with Crippen LogP contribution in [0.5, 0.6) is 0 Å². The van der Waals surface area contributed by atoms with Crippen molar-refractivity contribution < 1.29 is 27.9 Å². The van der Waals surface area contributed by atoms with E-state index in [1.807, 2.05) is 0 Å². The quantitative estimate of drug-likeness (QED) is 0.670. The Bertz CT molecular complexity index is 811. The number of Topliss-reactive ketones (excluding diaryl/α,β-unsaturated/α-hetero) is 1. The molecule has 0 bridgehead atoms. The van der Waals surface area contributed by atoms with Gasteiger partial charge in [0.2, 0.25) is 15.9 Å². The van der Waals surface area contributed by atoms with Crippen molar-refractivity contribution in [2.45, 2.75) is 44.0 Å². The van der Waals surface area contributed by atoms with Crippen LogP contribution in [-0.2, 0) is 19.6 Å². The summed E-state index contributed by atoms with van der Waals surface area (Å²) in [5.41, 5.74) is 0.438. The highest BCUT2D eigenvalue weighted by atomic mass is 32.2. The number of ketones is 1. The highest BCUT2D eigenvalue weighted by Gasteiger charge is 2.33. The van der Waals surface area contributed by atoms with Gasteiger partial charge in [0.05, 0.1) is 4.90 Å². The van der Waals surface area contributed by atoms with Crippen molar-refractivity contribution in [3.05, 3.63) is 29.8 Å². The minimum absolute atomic E-state index is 0.104. The lowest BCUT2D eigenvalue weighted by Crippen LogP contribution is -2.47. The first-order chi connectivity index (χ1) is 12.7. The number of carbonyl (C=O) groups is 3. The zero-order valence-electron chi connectivity index (χ0n) is 15.3. The molecule has 27 heavy (non-hydrogen) atoms. The summed E-state index contributed by atoms with van der Waals surface area (Å²) in [6, 6.07) is 4.84. The van der Waals surface area contributed by atoms with E-state index >= 15 is 0 Å². The van der Waals surface area contributed by atoms with Gasteiger partial charge in [0, 0.05) is 24.6 Å². The normalized spacial score (nSPS) is 17.3. The highest BCUT2D eigenvalue weighted by Crippen LogP contribution is 2.24. The highest BCUT2D eigenvalue weighted by molar-refractivity contribution is 7.89. The molecule has 1 aliphatic rings. The monoisotopic (exact) mass is 396 g/mol. The van der Waals surface area contributed by atoms with Crippen LogP contribution in [-0.4, -0.2) is 54.6 Å². The molecule has 1 heterocycles. The third-order valence-electron chi connectivity index (χ3n) is 4.75. The summed E-state index contributed by atoms with van der Waals surface area (Å²) in [6.45, 7) is 3.44. The van der Waals surface area contributed by atoms with Crippen molar-refractivity contribution in [1.29, 1.82) is 0 Å². The average molecular weight is 396 g/mol. The van der Waals surface area contributed by atoms with Gasteiger partial charge >= 0.3 is 5.97 Å². The summed E-state index contributed by atoms with van der Waals surface area (Å²) in [5, 5.41) is 11.5. The lowest BCUT2D eigenvalue weighted by atomic mass is 9.97. The van der Waals surface area contributed by atoms with E-state index in [1.165, 1.54) is 35.5 Å². The van der Waals surface area contributed by atoms with Gasteiger partial charge in [-0.1, -0.05) is 19.1 Å². The Balaban J connectivity index is 2.00. The summed E-state index contributed by atoms with van der Waals surface area (Å²) < 4.78 is 26.8. The van der Waals surface area contributed by atoms with Gasteiger partial charge in [0.15, 0.2) is 5.78 Å². The molecule has 148 valence electrons. The number of carbonyl (C=O) groups excluding carboxylic acids is 2. The molecule has 1 atom stereocenters. The van der Waals surface area contributed by atoms with E-state index in [9.17, 15) is 22.8 Å². The second-order valence-corrected chi connectivity index (χ2v) is 8.50. The maximum atomic E-state index is 12.7. The molecule has 8 nitrogen and oxygen atoms in total. The van der Waals surface area contributed by atoms with E-state index in [4.69, 9.17) is 5.11 Å². The summed E-state index contributed by atoms with van der Waals surface area (Å²) in [4.78, 5) is 34.7. The standard InChI is InChI=1S/C18H24N2O6S/c1-3-16(18(23)24)19-17(22)14-8-10-20(11-9-14)27(25,26)15-6-4-13(5-7-15)12(2)21/h4-7,14,16H,3,8-11H2,1-2H3,(H,19,22)(H,23,24). The molecule has 1 aromatic carbocycles. The topological polar surface area (TPSA) is 121 Å². The zero-order chi connectivity index (χ0) is 20.2. The van der Waals surface area contributed by atoms with Gasteiger partial charge in [-0.25, -0.2) is 13.2 Å². The summed E-state index contributed by atoms with van der Waals surface area (Å²) >= 11 is 0. The van der Waals surface area contributed by atoms with Crippen LogP contribution in [0.15, 0.2) is 29.2 Å². The zero-order valence-corrected chi connectivity index (χ0v) is 16.2. The number of piperidine rings is 1. The second kappa shape index (κ2) is 8.62. The molecule has 2 N–H and O–H groups in total. The SMILES string of the molecule is CCC(NC(=O)C1CCN(S(=O)(=O)c2ccc(C(C)=O)cc2)CC1)C(=O)O. The predicted molar refractivity (Wildman–Crippen MR) is 97.8 cm³/mol. The Morgan fingerprint density at radius 2 is 1.74 bits per heavy atom. The van der Waals surface area contributed by atoms with Crippen molar-refractivity contribution in [2.75, 3.05) is 13.1 Å². The molecule has 1 aliphatic heterocycles. The third-order valence-corrected chi connectivity index (χ3v) is 6.66. The molecular formula is C18H24N2O6S. The van der Waals surface area contributed by atoms with Gasteiger partial charge in [-0.3, -0.25) is 9.59 Å². The van der Waals surface area contributed by atoms with E-state index in [1.54, 1.807) is 6.92 Å². The Hall–Kier alpha value is -2.26. The maximum Gasteiger partial charge on any atom is 0.326 e. The van der Waals surface area contributed by atoms with Crippen LogP contribution in [0, 0.1) is 5.92 Å². The van der Waals surface area contributed by atoms with Crippen LogP contribution in [0.3, 0.4) is 0 Å². The molecule has 1 aromatic rings. The Morgan fingerprint density at radius 3 is 2.19 bits per heavy atom. The first-order valence-electron chi connectivity index (χ1n) is 8.81. The fraction of sp³-hybridized carbons (Fsp3) is 0.500. The molecule has 0 aromatic heterocycles. The average Bonchev–Trinajstić information content (AvgIpc) is 2.65. The summed E-state index contributed by atoms with van der Waals surface area (Å²) in [5.74, 6) is -1.99. The number of hydrogen-bond acceptors (Lipinski definition) is 5. The number of carboxylic acids is 1. The number of amides is 1. The minimum Gasteiger partial charge on any atom is -0.480 e. The van der Waals surface area contributed by atoms with E-state index in [0.29, 0.717) is 18.4 Å². The number of benzene rings is 1. The van der Waals surface area contributed by atoms with Crippen LogP contribution in [0.4, 0.5) is 0 Å². The summed E-state index contributed by atoms with van der Waals surface area (Å²) in [7, 11) is -3.70. The molecule has 0 radical (unpaired) electrons. The van der Waals surface area contributed by atoms with E-state index in [-0.39, 0.29) is 36.1 Å². The first kappa shape index (κ1) is 21.0. The summed E-state index contributed by atoms with van der Waals surface area (Å²) in [6.07, 6.45) is 0.934. The van der Waals surface area contributed by atoms with Gasteiger partial charge in [-0.05, 0) is 38.3 Å². The molecule has 0 spiro atoms. The number of hydrogen-bond donors (Lipinski definition) is 2. The van der Waals surface area contributed by atoms with Crippen LogP contribution < -0.4 is 5.32 Å². The van der Waals surface area contributed by atoms with Gasteiger partial charge in [0.1, 0.15) is 6.04 Å². The van der Waals surface area contributed by atoms with Crippen LogP contribution >= 0.6 is 0 Å². The van der Waals surface area contributed by atoms with E-state index < -0.39 is 28.0 Å². The largest absolute Gasteiger partial charge is 0.480 e. The number of aliphatic carboxylic acids is 1. The third kappa shape index (κ3) is 4.92. The van der Waals surface area contributed by atoms with Crippen LogP contribution in [0.2, 0.25) is 0 Å². The maximum absolute atomic E-state index is 12.7. The molecule has 0 saturated carbocycles. The molecule has 0 aliphatic carbocycles. The Labute approximate surface area is 158 Å². The smallest absolute Gasteiger partial charge is 0.326 e. The predicted octanol–water partition coefficient (Wildman–Crippen LogP) is 1.27.